The number of benzene rings is 1. The minimum Gasteiger partial charge on any atom is -0.481 e. The number of carboxylic acids is 1. The zero-order valence-electron chi connectivity index (χ0n) is 9.67. The van der Waals surface area contributed by atoms with Crippen LogP contribution in [0.5, 0.6) is 0 Å². The van der Waals surface area contributed by atoms with Crippen LogP contribution in [0.1, 0.15) is 23.2 Å². The molecule has 2 N–H and O–H groups in total. The Labute approximate surface area is 103 Å². The summed E-state index contributed by atoms with van der Waals surface area (Å²) < 4.78 is 1.56. The predicted molar refractivity (Wildman–Crippen MR) is 65.4 cm³/mol. The average molecular weight is 247 g/mol. The molecule has 2 rings (SSSR count). The maximum Gasteiger partial charge on any atom is 0.303 e. The number of aliphatic carboxylic acids is 1. The Kier molecular flexibility index (Phi) is 3.43. The number of hydrogen-bond acceptors (Lipinski definition) is 3. The van der Waals surface area contributed by atoms with Gasteiger partial charge in [-0.2, -0.15) is 0 Å². The van der Waals surface area contributed by atoms with Gasteiger partial charge in [-0.3, -0.25) is 9.59 Å². The van der Waals surface area contributed by atoms with E-state index < -0.39 is 5.97 Å². The van der Waals surface area contributed by atoms with E-state index >= 15 is 0 Å². The molecule has 5 heteroatoms. The molecule has 0 amide bonds. The van der Waals surface area contributed by atoms with E-state index in [0.29, 0.717) is 5.56 Å². The van der Waals surface area contributed by atoms with E-state index in [1.807, 2.05) is 6.07 Å². The monoisotopic (exact) mass is 247 g/mol. The Morgan fingerprint density at radius 2 is 1.89 bits per heavy atom. The van der Waals surface area contributed by atoms with Gasteiger partial charge in [0.05, 0.1) is 11.9 Å². The van der Waals surface area contributed by atoms with E-state index in [9.17, 15) is 14.7 Å². The van der Waals surface area contributed by atoms with Gasteiger partial charge in [-0.1, -0.05) is 18.2 Å². The zero-order valence-corrected chi connectivity index (χ0v) is 9.67. The normalized spacial score (nSPS) is 10.7. The highest BCUT2D eigenvalue weighted by Gasteiger charge is 2.15. The lowest BCUT2D eigenvalue weighted by molar-refractivity contribution is -0.136. The lowest BCUT2D eigenvalue weighted by Gasteiger charge is -1.97. The van der Waals surface area contributed by atoms with Crippen molar-refractivity contribution in [2.24, 2.45) is 0 Å². The lowest BCUT2D eigenvalue weighted by atomic mass is 10.1. The lowest BCUT2D eigenvalue weighted by Crippen LogP contribution is -2.03. The molecule has 0 aliphatic rings. The minimum absolute atomic E-state index is 0.0330. The number of para-hydroxylation sites is 1. The first-order chi connectivity index (χ1) is 8.63. The molecule has 5 nitrogen and oxygen atoms in total. The van der Waals surface area contributed by atoms with Crippen LogP contribution in [0.2, 0.25) is 0 Å². The van der Waals surface area contributed by atoms with E-state index in [2.05, 4.69) is 0 Å². The van der Waals surface area contributed by atoms with Crippen LogP contribution in [-0.4, -0.2) is 26.5 Å². The van der Waals surface area contributed by atoms with Gasteiger partial charge in [-0.15, -0.1) is 0 Å². The summed E-state index contributed by atoms with van der Waals surface area (Å²) in [6.07, 6.45) is 1.35. The van der Waals surface area contributed by atoms with Gasteiger partial charge >= 0.3 is 5.97 Å². The fourth-order valence-corrected chi connectivity index (χ4v) is 1.94. The van der Waals surface area contributed by atoms with E-state index in [1.165, 1.54) is 0 Å². The van der Waals surface area contributed by atoms with Gasteiger partial charge in [-0.05, 0) is 6.07 Å². The Bertz CT molecular complexity index is 600. The van der Waals surface area contributed by atoms with Crippen molar-refractivity contribution in [1.29, 1.82) is 0 Å². The number of aliphatic hydroxyl groups excluding tert-OH is 1. The first kappa shape index (κ1) is 12.3. The molecule has 0 radical (unpaired) electrons. The maximum absolute atomic E-state index is 11.9. The summed E-state index contributed by atoms with van der Waals surface area (Å²) >= 11 is 0. The van der Waals surface area contributed by atoms with Gasteiger partial charge < -0.3 is 14.8 Å². The van der Waals surface area contributed by atoms with Gasteiger partial charge in [-0.25, -0.2) is 0 Å². The van der Waals surface area contributed by atoms with Crippen molar-refractivity contribution in [3.63, 3.8) is 0 Å². The number of carbonyl (C=O) groups is 2. The van der Waals surface area contributed by atoms with Crippen LogP contribution in [0.15, 0.2) is 30.5 Å². The summed E-state index contributed by atoms with van der Waals surface area (Å²) in [6, 6.07) is 7.22. The second kappa shape index (κ2) is 5.01. The van der Waals surface area contributed by atoms with Crippen molar-refractivity contribution in [1.82, 2.24) is 4.57 Å². The molecular formula is C13H13NO4. The summed E-state index contributed by atoms with van der Waals surface area (Å²) in [4.78, 5) is 22.4. The zero-order chi connectivity index (χ0) is 13.1. The van der Waals surface area contributed by atoms with Crippen LogP contribution in [0.4, 0.5) is 0 Å². The largest absolute Gasteiger partial charge is 0.481 e. The Hall–Kier alpha value is -2.14. The molecule has 0 saturated carbocycles. The van der Waals surface area contributed by atoms with Crippen molar-refractivity contribution in [2.75, 3.05) is 0 Å². The van der Waals surface area contributed by atoms with Crippen LogP contribution >= 0.6 is 0 Å². The third-order valence-corrected chi connectivity index (χ3v) is 2.81. The van der Waals surface area contributed by atoms with Crippen LogP contribution in [0, 0.1) is 0 Å². The summed E-state index contributed by atoms with van der Waals surface area (Å²) in [5, 5.41) is 18.5. The molecule has 0 atom stereocenters. The number of rotatable bonds is 5. The highest BCUT2D eigenvalue weighted by Crippen LogP contribution is 2.22. The number of fused-ring (bicyclic) bond motifs is 1. The fraction of sp³-hybridized carbons (Fsp3) is 0.231. The number of nitrogens with zero attached hydrogens (tertiary/aromatic N) is 1. The van der Waals surface area contributed by atoms with E-state index in [1.54, 1.807) is 29.0 Å². The molecule has 0 spiro atoms. The number of Topliss-reactive ketones (excluding diaryl/α,β-unsaturated/α-hetero) is 1. The number of aromatic nitrogens is 1. The van der Waals surface area contributed by atoms with Crippen molar-refractivity contribution in [2.45, 2.75) is 19.6 Å². The van der Waals surface area contributed by atoms with Crippen molar-refractivity contribution in [3.05, 3.63) is 36.0 Å². The SMILES string of the molecule is O=C(O)CCC(=O)c1cn(CO)c2ccccc12. The van der Waals surface area contributed by atoms with Crippen LogP contribution in [-0.2, 0) is 11.5 Å². The number of hydrogen-bond donors (Lipinski definition) is 2. The van der Waals surface area contributed by atoms with Crippen LogP contribution in [0.25, 0.3) is 10.9 Å². The topological polar surface area (TPSA) is 79.5 Å². The highest BCUT2D eigenvalue weighted by atomic mass is 16.4. The van der Waals surface area contributed by atoms with E-state index in [-0.39, 0.29) is 25.4 Å². The summed E-state index contributed by atoms with van der Waals surface area (Å²) in [5.41, 5.74) is 1.22. The Balaban J connectivity index is 2.38. The third kappa shape index (κ3) is 2.26. The van der Waals surface area contributed by atoms with E-state index in [4.69, 9.17) is 5.11 Å². The van der Waals surface area contributed by atoms with Crippen molar-refractivity contribution < 1.29 is 19.8 Å². The molecule has 0 fully saturated rings. The summed E-state index contributed by atoms with van der Waals surface area (Å²) in [6.45, 7) is -0.216. The smallest absolute Gasteiger partial charge is 0.303 e. The van der Waals surface area contributed by atoms with Gasteiger partial charge in [0.1, 0.15) is 6.73 Å². The number of aliphatic hydroxyl groups is 1. The Morgan fingerprint density at radius 1 is 1.17 bits per heavy atom. The third-order valence-electron chi connectivity index (χ3n) is 2.81. The van der Waals surface area contributed by atoms with Gasteiger partial charge in [0.2, 0.25) is 0 Å². The molecule has 2 aromatic rings. The van der Waals surface area contributed by atoms with Crippen molar-refractivity contribution >= 4 is 22.7 Å². The van der Waals surface area contributed by atoms with E-state index in [0.717, 1.165) is 10.9 Å². The first-order valence-electron chi connectivity index (χ1n) is 5.57. The molecule has 1 aromatic carbocycles. The predicted octanol–water partition coefficient (Wildman–Crippen LogP) is 1.64. The number of carboxylic acid groups (broad SMARTS) is 1. The molecule has 0 aliphatic carbocycles. The van der Waals surface area contributed by atoms with Gasteiger partial charge in [0, 0.05) is 23.6 Å². The van der Waals surface area contributed by atoms with Gasteiger partial charge in [0.15, 0.2) is 5.78 Å². The second-order valence-electron chi connectivity index (χ2n) is 3.99. The summed E-state index contributed by atoms with van der Waals surface area (Å²) in [5.74, 6) is -1.21. The minimum atomic E-state index is -0.991. The molecule has 0 unspecified atom stereocenters. The maximum atomic E-state index is 11.9. The highest BCUT2D eigenvalue weighted by molar-refractivity contribution is 6.08. The second-order valence-corrected chi connectivity index (χ2v) is 3.99. The standard InChI is InChI=1S/C13H13NO4/c15-8-14-7-10(12(16)5-6-13(17)18)9-3-1-2-4-11(9)14/h1-4,7,15H,5-6,8H2,(H,17,18). The van der Waals surface area contributed by atoms with Crippen LogP contribution in [0.3, 0.4) is 0 Å². The van der Waals surface area contributed by atoms with Gasteiger partial charge in [0.25, 0.3) is 0 Å². The molecule has 0 bridgehead atoms. The Morgan fingerprint density at radius 3 is 2.56 bits per heavy atom. The quantitative estimate of drug-likeness (QED) is 0.787. The fourth-order valence-electron chi connectivity index (χ4n) is 1.94. The van der Waals surface area contributed by atoms with Crippen molar-refractivity contribution in [3.8, 4) is 0 Å². The molecule has 1 heterocycles. The molecular weight excluding hydrogens is 234 g/mol. The number of carbonyl (C=O) groups excluding carboxylic acids is 1. The number of ketones is 1. The first-order valence-corrected chi connectivity index (χ1v) is 5.57. The molecule has 0 saturated heterocycles. The van der Waals surface area contributed by atoms with Crippen LogP contribution < -0.4 is 0 Å². The summed E-state index contributed by atoms with van der Waals surface area (Å²) in [7, 11) is 0. The molecule has 94 valence electrons. The molecule has 1 aromatic heterocycles. The molecule has 0 aliphatic heterocycles. The average Bonchev–Trinajstić information content (AvgIpc) is 2.75. The molecule has 18 heavy (non-hydrogen) atoms.